The van der Waals surface area contributed by atoms with Gasteiger partial charge in [0, 0.05) is 17.8 Å². The van der Waals surface area contributed by atoms with Gasteiger partial charge in [0.05, 0.1) is 11.3 Å². The Kier molecular flexibility index (Phi) is 5.46. The Morgan fingerprint density at radius 3 is 2.46 bits per heavy atom. The van der Waals surface area contributed by atoms with Crippen LogP contribution < -0.4 is 10.6 Å². The van der Waals surface area contributed by atoms with E-state index in [2.05, 4.69) is 15.5 Å². The Bertz CT molecular complexity index is 805. The van der Waals surface area contributed by atoms with Crippen molar-refractivity contribution in [1.82, 2.24) is 4.90 Å². The molecule has 7 heteroatoms. The van der Waals surface area contributed by atoms with Gasteiger partial charge in [0.25, 0.3) is 5.91 Å². The van der Waals surface area contributed by atoms with E-state index < -0.39 is 23.4 Å². The summed E-state index contributed by atoms with van der Waals surface area (Å²) in [5, 5.41) is 5.68. The highest BCUT2D eigenvalue weighted by Gasteiger charge is 2.18. The van der Waals surface area contributed by atoms with Crippen LogP contribution in [0, 0.1) is 17.5 Å². The number of nitrogens with zero attached hydrogens (tertiary/aromatic N) is 1. The van der Waals surface area contributed by atoms with Gasteiger partial charge in [-0.25, -0.2) is 13.2 Å². The van der Waals surface area contributed by atoms with Crippen molar-refractivity contribution in [2.75, 3.05) is 30.8 Å². The minimum absolute atomic E-state index is 0.154. The summed E-state index contributed by atoms with van der Waals surface area (Å²) in [5.41, 5.74) is 0.341. The second kappa shape index (κ2) is 7.78. The average Bonchev–Trinajstić information content (AvgIpc) is 2.59. The lowest BCUT2D eigenvalue weighted by Gasteiger charge is -2.30. The monoisotopic (exact) mass is 363 g/mol. The number of amides is 1. The Morgan fingerprint density at radius 1 is 1.04 bits per heavy atom. The molecule has 1 heterocycles. The summed E-state index contributed by atoms with van der Waals surface area (Å²) in [6.45, 7) is 1.86. The van der Waals surface area contributed by atoms with Crippen molar-refractivity contribution in [3.63, 3.8) is 0 Å². The van der Waals surface area contributed by atoms with Crippen molar-refractivity contribution in [3.05, 3.63) is 59.4 Å². The molecule has 0 saturated carbocycles. The van der Waals surface area contributed by atoms with Crippen molar-refractivity contribution in [2.24, 2.45) is 0 Å². The fourth-order valence-electron chi connectivity index (χ4n) is 2.96. The highest BCUT2D eigenvalue weighted by Crippen LogP contribution is 2.23. The molecule has 0 bridgehead atoms. The zero-order chi connectivity index (χ0) is 18.7. The molecule has 0 unspecified atom stereocenters. The van der Waals surface area contributed by atoms with Gasteiger partial charge in [-0.05, 0) is 63.3 Å². The number of hydrogen-bond acceptors (Lipinski definition) is 3. The Hall–Kier alpha value is -2.54. The molecule has 0 aliphatic carbocycles. The van der Waals surface area contributed by atoms with Gasteiger partial charge in [-0.15, -0.1) is 0 Å². The first kappa shape index (κ1) is 18.3. The third-order valence-corrected chi connectivity index (χ3v) is 4.48. The second-order valence-corrected chi connectivity index (χ2v) is 6.49. The van der Waals surface area contributed by atoms with Gasteiger partial charge in [-0.3, -0.25) is 4.79 Å². The number of nitrogens with one attached hydrogen (secondary N) is 2. The largest absolute Gasteiger partial charge is 0.380 e. The molecule has 1 aliphatic rings. The van der Waals surface area contributed by atoms with E-state index in [0.29, 0.717) is 11.8 Å². The van der Waals surface area contributed by atoms with Crippen LogP contribution in [0.5, 0.6) is 0 Å². The molecular weight excluding hydrogens is 343 g/mol. The lowest BCUT2D eigenvalue weighted by atomic mass is 10.1. The number of hydrogen-bond donors (Lipinski definition) is 2. The summed E-state index contributed by atoms with van der Waals surface area (Å²) in [6, 6.07) is 7.00. The van der Waals surface area contributed by atoms with Gasteiger partial charge in [-0.1, -0.05) is 0 Å². The van der Waals surface area contributed by atoms with Crippen molar-refractivity contribution in [2.45, 2.75) is 18.9 Å². The molecular formula is C19H20F3N3O. The molecule has 1 saturated heterocycles. The summed E-state index contributed by atoms with van der Waals surface area (Å²) in [4.78, 5) is 14.4. The van der Waals surface area contributed by atoms with Crippen LogP contribution in [0.25, 0.3) is 0 Å². The third kappa shape index (κ3) is 4.35. The molecule has 1 amide bonds. The number of carbonyl (C=O) groups is 1. The molecule has 0 radical (unpaired) electrons. The average molecular weight is 363 g/mol. The number of benzene rings is 2. The predicted octanol–water partition coefficient (Wildman–Crippen LogP) is 3.86. The molecule has 3 rings (SSSR count). The molecule has 26 heavy (non-hydrogen) atoms. The topological polar surface area (TPSA) is 44.4 Å². The van der Waals surface area contributed by atoms with Gasteiger partial charge in [0.1, 0.15) is 17.5 Å². The predicted molar refractivity (Wildman–Crippen MR) is 94.9 cm³/mol. The molecule has 4 nitrogen and oxygen atoms in total. The standard InChI is InChI=1S/C19H20F3N3O/c1-25-8-6-13(7-9-25)23-18-11-14(3-5-16(18)21)24-19(26)15-4-2-12(20)10-17(15)22/h2-5,10-11,13,23H,6-9H2,1H3,(H,24,26). The van der Waals surface area contributed by atoms with E-state index in [4.69, 9.17) is 0 Å². The van der Waals surface area contributed by atoms with Crippen LogP contribution in [0.2, 0.25) is 0 Å². The molecule has 0 atom stereocenters. The fourth-order valence-corrected chi connectivity index (χ4v) is 2.96. The van der Waals surface area contributed by atoms with E-state index in [0.717, 1.165) is 38.1 Å². The van der Waals surface area contributed by atoms with E-state index in [1.54, 1.807) is 0 Å². The zero-order valence-electron chi connectivity index (χ0n) is 14.4. The van der Waals surface area contributed by atoms with Crippen LogP contribution in [0.3, 0.4) is 0 Å². The van der Waals surface area contributed by atoms with Crippen LogP contribution in [-0.4, -0.2) is 37.0 Å². The second-order valence-electron chi connectivity index (χ2n) is 6.49. The van der Waals surface area contributed by atoms with E-state index >= 15 is 0 Å². The summed E-state index contributed by atoms with van der Waals surface area (Å²) >= 11 is 0. The van der Waals surface area contributed by atoms with Crippen molar-refractivity contribution >= 4 is 17.3 Å². The Balaban J connectivity index is 1.71. The lowest BCUT2D eigenvalue weighted by Crippen LogP contribution is -2.36. The SMILES string of the molecule is CN1CCC(Nc2cc(NC(=O)c3ccc(F)cc3F)ccc2F)CC1. The molecule has 0 aromatic heterocycles. The summed E-state index contributed by atoms with van der Waals surface area (Å²) in [7, 11) is 2.04. The first-order chi connectivity index (χ1) is 12.4. The quantitative estimate of drug-likeness (QED) is 0.867. The first-order valence-electron chi connectivity index (χ1n) is 8.43. The van der Waals surface area contributed by atoms with Gasteiger partial charge in [0.2, 0.25) is 0 Å². The molecule has 0 spiro atoms. The van der Waals surface area contributed by atoms with Crippen molar-refractivity contribution in [1.29, 1.82) is 0 Å². The van der Waals surface area contributed by atoms with E-state index in [1.807, 2.05) is 7.05 Å². The van der Waals surface area contributed by atoms with Crippen LogP contribution in [0.4, 0.5) is 24.5 Å². The molecule has 1 fully saturated rings. The number of piperidine rings is 1. The molecule has 2 N–H and O–H groups in total. The maximum atomic E-state index is 14.1. The maximum Gasteiger partial charge on any atom is 0.258 e. The van der Waals surface area contributed by atoms with Crippen LogP contribution in [0.1, 0.15) is 23.2 Å². The Morgan fingerprint density at radius 2 is 1.77 bits per heavy atom. The fraction of sp³-hybridized carbons (Fsp3) is 0.316. The van der Waals surface area contributed by atoms with Crippen molar-refractivity contribution < 1.29 is 18.0 Å². The smallest absolute Gasteiger partial charge is 0.258 e. The molecule has 2 aromatic rings. The van der Waals surface area contributed by atoms with E-state index in [-0.39, 0.29) is 17.3 Å². The summed E-state index contributed by atoms with van der Waals surface area (Å²) in [5.74, 6) is -2.85. The van der Waals surface area contributed by atoms with Crippen LogP contribution in [0.15, 0.2) is 36.4 Å². The van der Waals surface area contributed by atoms with E-state index in [9.17, 15) is 18.0 Å². The van der Waals surface area contributed by atoms with Gasteiger partial charge in [-0.2, -0.15) is 0 Å². The first-order valence-corrected chi connectivity index (χ1v) is 8.43. The van der Waals surface area contributed by atoms with Gasteiger partial charge in [0.15, 0.2) is 0 Å². The Labute approximate surface area is 150 Å². The number of carbonyl (C=O) groups excluding carboxylic acids is 1. The molecule has 1 aliphatic heterocycles. The minimum atomic E-state index is -0.950. The molecule has 2 aromatic carbocycles. The number of halogens is 3. The number of rotatable bonds is 4. The summed E-state index contributed by atoms with van der Waals surface area (Å²) < 4.78 is 40.8. The van der Waals surface area contributed by atoms with Gasteiger partial charge < -0.3 is 15.5 Å². The normalized spacial score (nSPS) is 15.7. The number of likely N-dealkylation sites (tertiary alicyclic amines) is 1. The maximum absolute atomic E-state index is 14.1. The lowest BCUT2D eigenvalue weighted by molar-refractivity contribution is 0.102. The minimum Gasteiger partial charge on any atom is -0.380 e. The van der Waals surface area contributed by atoms with Gasteiger partial charge >= 0.3 is 0 Å². The molecule has 138 valence electrons. The highest BCUT2D eigenvalue weighted by molar-refractivity contribution is 6.04. The van der Waals surface area contributed by atoms with Crippen molar-refractivity contribution in [3.8, 4) is 0 Å². The zero-order valence-corrected chi connectivity index (χ0v) is 14.4. The van der Waals surface area contributed by atoms with E-state index in [1.165, 1.54) is 18.2 Å². The van der Waals surface area contributed by atoms with Crippen LogP contribution >= 0.6 is 0 Å². The van der Waals surface area contributed by atoms with Crippen LogP contribution in [-0.2, 0) is 0 Å². The number of anilines is 2. The summed E-state index contributed by atoms with van der Waals surface area (Å²) in [6.07, 6.45) is 1.79. The third-order valence-electron chi connectivity index (χ3n) is 4.48. The highest BCUT2D eigenvalue weighted by atomic mass is 19.1.